The molecule has 1 amide bonds. The van der Waals surface area contributed by atoms with E-state index in [-0.39, 0.29) is 6.54 Å². The summed E-state index contributed by atoms with van der Waals surface area (Å²) in [6, 6.07) is 0. The molecule has 0 aliphatic heterocycles. The van der Waals surface area contributed by atoms with Crippen molar-refractivity contribution in [3.05, 3.63) is 18.2 Å². The smallest absolute Gasteiger partial charge is 0.319 e. The quantitative estimate of drug-likeness (QED) is 0.737. The van der Waals surface area contributed by atoms with Crippen molar-refractivity contribution in [2.45, 2.75) is 25.8 Å². The highest BCUT2D eigenvalue weighted by molar-refractivity contribution is 6.02. The Kier molecular flexibility index (Phi) is 2.87. The Morgan fingerprint density at radius 3 is 2.71 bits per heavy atom. The molecule has 0 unspecified atom stereocenters. The summed E-state index contributed by atoms with van der Waals surface area (Å²) in [6.07, 6.45) is 5.06. The lowest BCUT2D eigenvalue weighted by Crippen LogP contribution is -2.50. The second kappa shape index (κ2) is 4.20. The first kappa shape index (κ1) is 11.6. The summed E-state index contributed by atoms with van der Waals surface area (Å²) in [5, 5.41) is 11.7. The molecule has 1 aliphatic carbocycles. The number of carboxylic acid groups (broad SMARTS) is 1. The van der Waals surface area contributed by atoms with Crippen molar-refractivity contribution < 1.29 is 14.7 Å². The van der Waals surface area contributed by atoms with Crippen molar-refractivity contribution in [3.8, 4) is 0 Å². The van der Waals surface area contributed by atoms with Crippen LogP contribution < -0.4 is 5.32 Å². The van der Waals surface area contributed by atoms with Gasteiger partial charge in [0, 0.05) is 19.4 Å². The number of aliphatic carboxylic acids is 1. The Labute approximate surface area is 98.7 Å². The van der Waals surface area contributed by atoms with Crippen LogP contribution in [-0.2, 0) is 23.2 Å². The van der Waals surface area contributed by atoms with Gasteiger partial charge in [-0.25, -0.2) is 4.98 Å². The predicted molar refractivity (Wildman–Crippen MR) is 59.0 cm³/mol. The fourth-order valence-electron chi connectivity index (χ4n) is 1.96. The summed E-state index contributed by atoms with van der Waals surface area (Å²) in [5.74, 6) is -0.724. The van der Waals surface area contributed by atoms with Gasteiger partial charge in [0.1, 0.15) is 11.2 Å². The zero-order valence-corrected chi connectivity index (χ0v) is 9.64. The van der Waals surface area contributed by atoms with Crippen LogP contribution in [0.1, 0.15) is 25.1 Å². The summed E-state index contributed by atoms with van der Waals surface area (Å²) in [4.78, 5) is 27.0. The van der Waals surface area contributed by atoms with Gasteiger partial charge in [-0.1, -0.05) is 6.42 Å². The summed E-state index contributed by atoms with van der Waals surface area (Å²) in [5.41, 5.74) is -1.20. The van der Waals surface area contributed by atoms with Crippen molar-refractivity contribution in [1.82, 2.24) is 14.9 Å². The van der Waals surface area contributed by atoms with Crippen LogP contribution in [0.5, 0.6) is 0 Å². The van der Waals surface area contributed by atoms with Gasteiger partial charge in [0.2, 0.25) is 5.91 Å². The predicted octanol–water partition coefficient (Wildman–Crippen LogP) is 0.291. The maximum absolute atomic E-state index is 11.9. The molecule has 0 spiro atoms. The van der Waals surface area contributed by atoms with Crippen LogP contribution in [-0.4, -0.2) is 26.5 Å². The number of amides is 1. The zero-order chi connectivity index (χ0) is 12.5. The Bertz CT molecular complexity index is 449. The van der Waals surface area contributed by atoms with Crippen LogP contribution >= 0.6 is 0 Å². The molecule has 1 fully saturated rings. The van der Waals surface area contributed by atoms with E-state index in [1.54, 1.807) is 17.0 Å². The minimum absolute atomic E-state index is 0.261. The van der Waals surface area contributed by atoms with Gasteiger partial charge in [-0.15, -0.1) is 0 Å². The average molecular weight is 237 g/mol. The number of aromatic nitrogens is 2. The molecule has 1 aromatic rings. The molecule has 1 heterocycles. The maximum Gasteiger partial charge on any atom is 0.319 e. The summed E-state index contributed by atoms with van der Waals surface area (Å²) in [6.45, 7) is 0.261. The van der Waals surface area contributed by atoms with Gasteiger partial charge >= 0.3 is 5.97 Å². The summed E-state index contributed by atoms with van der Waals surface area (Å²) < 4.78 is 1.79. The molecule has 1 aromatic heterocycles. The van der Waals surface area contributed by atoms with E-state index >= 15 is 0 Å². The van der Waals surface area contributed by atoms with Crippen LogP contribution in [0, 0.1) is 5.41 Å². The van der Waals surface area contributed by atoms with E-state index in [1.165, 1.54) is 0 Å². The van der Waals surface area contributed by atoms with Crippen molar-refractivity contribution in [2.24, 2.45) is 12.5 Å². The number of rotatable bonds is 4. The monoisotopic (exact) mass is 237 g/mol. The fraction of sp³-hybridized carbons (Fsp3) is 0.545. The standard InChI is InChI=1S/C11H15N3O3/c1-14-6-5-12-8(14)7-13-9(15)11(10(16)17)3-2-4-11/h5-6H,2-4,7H2,1H3,(H,13,15)(H,16,17). The van der Waals surface area contributed by atoms with Gasteiger partial charge in [-0.05, 0) is 12.8 Å². The molecular weight excluding hydrogens is 222 g/mol. The number of hydrogen-bond acceptors (Lipinski definition) is 3. The molecule has 0 bridgehead atoms. The lowest BCUT2D eigenvalue weighted by atomic mass is 9.68. The largest absolute Gasteiger partial charge is 0.480 e. The lowest BCUT2D eigenvalue weighted by molar-refractivity contribution is -0.162. The second-order valence-corrected chi connectivity index (χ2v) is 4.38. The van der Waals surface area contributed by atoms with Crippen LogP contribution in [0.2, 0.25) is 0 Å². The number of carbonyl (C=O) groups is 2. The first-order chi connectivity index (χ1) is 8.06. The van der Waals surface area contributed by atoms with E-state index in [2.05, 4.69) is 10.3 Å². The van der Waals surface area contributed by atoms with E-state index in [4.69, 9.17) is 5.11 Å². The highest BCUT2D eigenvalue weighted by Gasteiger charge is 2.51. The van der Waals surface area contributed by atoms with Crippen LogP contribution in [0.15, 0.2) is 12.4 Å². The van der Waals surface area contributed by atoms with Gasteiger partial charge in [-0.2, -0.15) is 0 Å². The molecule has 0 saturated heterocycles. The normalized spacial score (nSPS) is 17.2. The van der Waals surface area contributed by atoms with Crippen molar-refractivity contribution >= 4 is 11.9 Å². The Morgan fingerprint density at radius 2 is 2.29 bits per heavy atom. The third-order valence-electron chi connectivity index (χ3n) is 3.38. The SMILES string of the molecule is Cn1ccnc1CNC(=O)C1(C(=O)O)CCC1. The van der Waals surface area contributed by atoms with Gasteiger partial charge in [0.05, 0.1) is 6.54 Å². The number of nitrogens with one attached hydrogen (secondary N) is 1. The zero-order valence-electron chi connectivity index (χ0n) is 9.64. The third-order valence-corrected chi connectivity index (χ3v) is 3.38. The van der Waals surface area contributed by atoms with Crippen LogP contribution in [0.4, 0.5) is 0 Å². The van der Waals surface area contributed by atoms with Crippen molar-refractivity contribution in [1.29, 1.82) is 0 Å². The molecule has 1 aliphatic rings. The summed E-state index contributed by atoms with van der Waals surface area (Å²) >= 11 is 0. The second-order valence-electron chi connectivity index (χ2n) is 4.38. The van der Waals surface area contributed by atoms with Crippen molar-refractivity contribution in [3.63, 3.8) is 0 Å². The number of nitrogens with zero attached hydrogens (tertiary/aromatic N) is 2. The fourth-order valence-corrected chi connectivity index (χ4v) is 1.96. The number of carboxylic acids is 1. The highest BCUT2D eigenvalue weighted by atomic mass is 16.4. The molecule has 6 nitrogen and oxygen atoms in total. The van der Waals surface area contributed by atoms with E-state index in [0.29, 0.717) is 18.7 Å². The van der Waals surface area contributed by atoms with E-state index in [9.17, 15) is 9.59 Å². The van der Waals surface area contributed by atoms with Crippen LogP contribution in [0.3, 0.4) is 0 Å². The average Bonchev–Trinajstić information content (AvgIpc) is 2.58. The molecule has 17 heavy (non-hydrogen) atoms. The number of carbonyl (C=O) groups excluding carboxylic acids is 1. The Hall–Kier alpha value is -1.85. The van der Waals surface area contributed by atoms with E-state index in [0.717, 1.165) is 6.42 Å². The summed E-state index contributed by atoms with van der Waals surface area (Å²) in [7, 11) is 1.82. The molecule has 92 valence electrons. The molecule has 0 aromatic carbocycles. The number of imidazole rings is 1. The molecule has 1 saturated carbocycles. The van der Waals surface area contributed by atoms with E-state index in [1.807, 2.05) is 7.05 Å². The Balaban J connectivity index is 1.98. The number of aryl methyl sites for hydroxylation is 1. The van der Waals surface area contributed by atoms with Gasteiger partial charge in [0.15, 0.2) is 0 Å². The molecule has 0 radical (unpaired) electrons. The first-order valence-corrected chi connectivity index (χ1v) is 5.54. The maximum atomic E-state index is 11.9. The first-order valence-electron chi connectivity index (χ1n) is 5.54. The molecule has 0 atom stereocenters. The minimum Gasteiger partial charge on any atom is -0.480 e. The van der Waals surface area contributed by atoms with Gasteiger partial charge in [-0.3, -0.25) is 9.59 Å². The van der Waals surface area contributed by atoms with Gasteiger partial charge < -0.3 is 15.0 Å². The third kappa shape index (κ3) is 1.90. The molecule has 2 rings (SSSR count). The van der Waals surface area contributed by atoms with E-state index < -0.39 is 17.3 Å². The topological polar surface area (TPSA) is 84.2 Å². The Morgan fingerprint density at radius 1 is 1.59 bits per heavy atom. The molecular formula is C11H15N3O3. The molecule has 2 N–H and O–H groups in total. The molecule has 6 heteroatoms. The highest BCUT2D eigenvalue weighted by Crippen LogP contribution is 2.41. The minimum atomic E-state index is -1.20. The lowest BCUT2D eigenvalue weighted by Gasteiger charge is -2.35. The van der Waals surface area contributed by atoms with Crippen molar-refractivity contribution in [2.75, 3.05) is 0 Å². The van der Waals surface area contributed by atoms with Gasteiger partial charge in [0.25, 0.3) is 0 Å². The number of hydrogen-bond donors (Lipinski definition) is 2. The van der Waals surface area contributed by atoms with Crippen LogP contribution in [0.25, 0.3) is 0 Å².